The highest BCUT2D eigenvalue weighted by Gasteiger charge is 2.32. The molecule has 0 aliphatic heterocycles. The van der Waals surface area contributed by atoms with Crippen LogP contribution in [0.1, 0.15) is 44.7 Å². The Morgan fingerprint density at radius 1 is 0.938 bits per heavy atom. The fourth-order valence-corrected chi connectivity index (χ4v) is 4.15. The van der Waals surface area contributed by atoms with E-state index in [1.807, 2.05) is 54.6 Å². The topological polar surface area (TPSA) is 55.2 Å². The van der Waals surface area contributed by atoms with Gasteiger partial charge in [-0.05, 0) is 54.0 Å². The zero-order valence-corrected chi connectivity index (χ0v) is 18.9. The number of hydrogen-bond acceptors (Lipinski definition) is 4. The van der Waals surface area contributed by atoms with Crippen molar-refractivity contribution in [3.63, 3.8) is 0 Å². The number of aromatic nitrogens is 2. The van der Waals surface area contributed by atoms with Gasteiger partial charge >= 0.3 is 0 Å². The molecule has 1 aromatic heterocycles. The first-order valence-electron chi connectivity index (χ1n) is 11.3. The van der Waals surface area contributed by atoms with Gasteiger partial charge in [-0.1, -0.05) is 63.2 Å². The van der Waals surface area contributed by atoms with Crippen molar-refractivity contribution in [1.29, 1.82) is 0 Å². The van der Waals surface area contributed by atoms with Crippen LogP contribution in [0.15, 0.2) is 77.6 Å². The molecular formula is C28H29N3O. The molecule has 0 unspecified atom stereocenters. The Morgan fingerprint density at radius 3 is 2.28 bits per heavy atom. The lowest BCUT2D eigenvalue weighted by atomic mass is 9.73. The molecule has 1 aliphatic carbocycles. The summed E-state index contributed by atoms with van der Waals surface area (Å²) < 4.78 is 0. The second-order valence-corrected chi connectivity index (χ2v) is 8.85. The molecular weight excluding hydrogens is 394 g/mol. The molecule has 0 bridgehead atoms. The van der Waals surface area contributed by atoms with Crippen LogP contribution < -0.4 is 0 Å². The number of carbonyl (C=O) groups is 1. The van der Waals surface area contributed by atoms with Crippen molar-refractivity contribution in [2.24, 2.45) is 22.7 Å². The second-order valence-electron chi connectivity index (χ2n) is 8.85. The van der Waals surface area contributed by atoms with Crippen LogP contribution in [0.4, 0.5) is 5.69 Å². The standard InChI is InChI=1S/C28H29N3O/c1-19(2)25-14-9-20(3)26(27(25)32)15-21-10-12-24(13-11-21)29-16-22-17-30-28(31-18-22)23-7-5-4-6-8-23/h4-8,10-13,15-20,25H,9,14H2,1-3H3/t20-,25-/m0/s1. The van der Waals surface area contributed by atoms with Gasteiger partial charge in [-0.2, -0.15) is 0 Å². The van der Waals surface area contributed by atoms with Crippen molar-refractivity contribution < 1.29 is 4.79 Å². The predicted octanol–water partition coefficient (Wildman–Crippen LogP) is 6.55. The quantitative estimate of drug-likeness (QED) is 0.345. The summed E-state index contributed by atoms with van der Waals surface area (Å²) in [6.45, 7) is 6.44. The van der Waals surface area contributed by atoms with E-state index in [0.717, 1.165) is 40.8 Å². The first-order valence-corrected chi connectivity index (χ1v) is 11.3. The number of Topliss-reactive ketones (excluding diaryl/α,β-unsaturated/α-hetero) is 1. The molecule has 1 heterocycles. The highest BCUT2D eigenvalue weighted by atomic mass is 16.1. The summed E-state index contributed by atoms with van der Waals surface area (Å²) in [5, 5.41) is 0. The van der Waals surface area contributed by atoms with Crippen molar-refractivity contribution in [3.05, 3.63) is 83.7 Å². The summed E-state index contributed by atoms with van der Waals surface area (Å²) in [5.74, 6) is 1.87. The van der Waals surface area contributed by atoms with Gasteiger partial charge in [0, 0.05) is 35.7 Å². The average Bonchev–Trinajstić information content (AvgIpc) is 2.82. The summed E-state index contributed by atoms with van der Waals surface area (Å²) in [6, 6.07) is 17.9. The molecule has 2 atom stereocenters. The fourth-order valence-electron chi connectivity index (χ4n) is 4.15. The fraction of sp³-hybridized carbons (Fsp3) is 0.286. The molecule has 1 aliphatic rings. The van der Waals surface area contributed by atoms with Crippen LogP contribution in [0.3, 0.4) is 0 Å². The highest BCUT2D eigenvalue weighted by Crippen LogP contribution is 2.35. The molecule has 3 aromatic rings. The van der Waals surface area contributed by atoms with Gasteiger partial charge in [0.25, 0.3) is 0 Å². The van der Waals surface area contributed by atoms with Crippen LogP contribution in [-0.2, 0) is 4.79 Å². The minimum Gasteiger partial charge on any atom is -0.294 e. The van der Waals surface area contributed by atoms with Crippen molar-refractivity contribution in [2.45, 2.75) is 33.6 Å². The Kier molecular flexibility index (Phi) is 6.69. The van der Waals surface area contributed by atoms with E-state index >= 15 is 0 Å². The maximum Gasteiger partial charge on any atom is 0.162 e. The van der Waals surface area contributed by atoms with E-state index < -0.39 is 0 Å². The number of ketones is 1. The van der Waals surface area contributed by atoms with E-state index in [1.54, 1.807) is 18.6 Å². The van der Waals surface area contributed by atoms with Crippen LogP contribution in [0, 0.1) is 17.8 Å². The summed E-state index contributed by atoms with van der Waals surface area (Å²) in [4.78, 5) is 26.3. The summed E-state index contributed by atoms with van der Waals surface area (Å²) in [5.41, 5.74) is 4.69. The van der Waals surface area contributed by atoms with Gasteiger partial charge in [0.2, 0.25) is 0 Å². The van der Waals surface area contributed by atoms with Gasteiger partial charge in [-0.15, -0.1) is 0 Å². The van der Waals surface area contributed by atoms with E-state index in [1.165, 1.54) is 0 Å². The van der Waals surface area contributed by atoms with Gasteiger partial charge in [0.15, 0.2) is 11.6 Å². The molecule has 32 heavy (non-hydrogen) atoms. The summed E-state index contributed by atoms with van der Waals surface area (Å²) in [7, 11) is 0. The predicted molar refractivity (Wildman–Crippen MR) is 131 cm³/mol. The van der Waals surface area contributed by atoms with Crippen molar-refractivity contribution in [3.8, 4) is 11.4 Å². The maximum atomic E-state index is 12.9. The normalized spacial score (nSPS) is 20.4. The van der Waals surface area contributed by atoms with Crippen molar-refractivity contribution >= 4 is 23.8 Å². The van der Waals surface area contributed by atoms with E-state index in [-0.39, 0.29) is 5.92 Å². The van der Waals surface area contributed by atoms with Gasteiger partial charge in [-0.25, -0.2) is 9.97 Å². The third-order valence-corrected chi connectivity index (χ3v) is 6.15. The Hall–Kier alpha value is -3.40. The Morgan fingerprint density at radius 2 is 1.62 bits per heavy atom. The van der Waals surface area contributed by atoms with Crippen LogP contribution in [0.2, 0.25) is 0 Å². The van der Waals surface area contributed by atoms with Crippen LogP contribution >= 0.6 is 0 Å². The van der Waals surface area contributed by atoms with Crippen LogP contribution in [0.5, 0.6) is 0 Å². The number of nitrogens with zero attached hydrogens (tertiary/aromatic N) is 3. The summed E-state index contributed by atoms with van der Waals surface area (Å²) >= 11 is 0. The molecule has 4 nitrogen and oxygen atoms in total. The number of aliphatic imine (C=N–C) groups is 1. The average molecular weight is 424 g/mol. The molecule has 2 aromatic carbocycles. The maximum absolute atomic E-state index is 12.9. The smallest absolute Gasteiger partial charge is 0.162 e. The molecule has 0 spiro atoms. The molecule has 1 saturated carbocycles. The molecule has 0 amide bonds. The Balaban J connectivity index is 1.45. The van der Waals surface area contributed by atoms with E-state index in [2.05, 4.69) is 41.8 Å². The Labute approximate surface area is 190 Å². The lowest BCUT2D eigenvalue weighted by molar-refractivity contribution is -0.122. The van der Waals surface area contributed by atoms with Gasteiger partial charge in [0.1, 0.15) is 0 Å². The molecule has 1 fully saturated rings. The Bertz CT molecular complexity index is 1110. The van der Waals surface area contributed by atoms with Crippen LogP contribution in [-0.4, -0.2) is 22.0 Å². The molecule has 4 heteroatoms. The summed E-state index contributed by atoms with van der Waals surface area (Å²) in [6.07, 6.45) is 9.46. The first kappa shape index (κ1) is 21.8. The molecule has 162 valence electrons. The van der Waals surface area contributed by atoms with Gasteiger partial charge in [-0.3, -0.25) is 9.79 Å². The minimum absolute atomic E-state index is 0.150. The lowest BCUT2D eigenvalue weighted by Gasteiger charge is -2.30. The highest BCUT2D eigenvalue weighted by molar-refractivity contribution is 6.02. The lowest BCUT2D eigenvalue weighted by Crippen LogP contribution is -2.30. The van der Waals surface area contributed by atoms with Crippen molar-refractivity contribution in [1.82, 2.24) is 9.97 Å². The number of rotatable bonds is 5. The number of allylic oxidation sites excluding steroid dienone is 1. The number of hydrogen-bond donors (Lipinski definition) is 0. The van der Waals surface area contributed by atoms with E-state index in [9.17, 15) is 4.79 Å². The first-order chi connectivity index (χ1) is 15.5. The SMILES string of the molecule is CC(C)[C@@H]1CC[C@H](C)C(=Cc2ccc(N=Cc3cnc(-c4ccccc4)nc3)cc2)C1=O. The number of carbonyl (C=O) groups excluding carboxylic acids is 1. The molecule has 4 rings (SSSR count). The third kappa shape index (κ3) is 5.08. The largest absolute Gasteiger partial charge is 0.294 e. The number of benzene rings is 2. The zero-order valence-electron chi connectivity index (χ0n) is 18.9. The zero-order chi connectivity index (χ0) is 22.5. The molecule has 0 N–H and O–H groups in total. The second kappa shape index (κ2) is 9.82. The third-order valence-electron chi connectivity index (χ3n) is 6.15. The van der Waals surface area contributed by atoms with Gasteiger partial charge in [0.05, 0.1) is 5.69 Å². The van der Waals surface area contributed by atoms with E-state index in [4.69, 9.17) is 0 Å². The minimum atomic E-state index is 0.150. The van der Waals surface area contributed by atoms with Gasteiger partial charge < -0.3 is 0 Å². The molecule has 0 radical (unpaired) electrons. The van der Waals surface area contributed by atoms with Crippen molar-refractivity contribution in [2.75, 3.05) is 0 Å². The van der Waals surface area contributed by atoms with E-state index in [0.29, 0.717) is 23.4 Å². The van der Waals surface area contributed by atoms with Crippen LogP contribution in [0.25, 0.3) is 17.5 Å². The molecule has 0 saturated heterocycles. The monoisotopic (exact) mass is 423 g/mol.